The van der Waals surface area contributed by atoms with Crippen LogP contribution in [0.1, 0.15) is 88.9 Å². The molecule has 0 atom stereocenters. The standard InChI is InChI=1S/C15H29P.C12H12N2/c1-2-13-16(14-9-5-3-6-10-14)15-11-7-4-8-12-15;1-9-5-3-7-11(13-9)12-8-4-6-10(2)14-12/h14-15H,2-13H2,1H3;3-8H,1-2H3. The molecule has 2 nitrogen and oxygen atoms in total. The lowest BCUT2D eigenvalue weighted by Gasteiger charge is -2.38. The van der Waals surface area contributed by atoms with E-state index in [1.807, 2.05) is 50.2 Å². The van der Waals surface area contributed by atoms with Gasteiger partial charge in [0.2, 0.25) is 0 Å². The van der Waals surface area contributed by atoms with Crippen molar-refractivity contribution in [1.29, 1.82) is 0 Å². The zero-order valence-electron chi connectivity index (χ0n) is 19.4. The summed E-state index contributed by atoms with van der Waals surface area (Å²) in [4.78, 5) is 8.84. The fourth-order valence-electron chi connectivity index (χ4n) is 5.12. The average molecular weight is 425 g/mol. The molecule has 0 bridgehead atoms. The van der Waals surface area contributed by atoms with Crippen LogP contribution in [0, 0.1) is 13.8 Å². The van der Waals surface area contributed by atoms with Crippen LogP contribution < -0.4 is 0 Å². The van der Waals surface area contributed by atoms with Crippen molar-refractivity contribution < 1.29 is 0 Å². The van der Waals surface area contributed by atoms with Gasteiger partial charge in [-0.3, -0.25) is 9.97 Å². The van der Waals surface area contributed by atoms with Crippen LogP contribution in [0.4, 0.5) is 0 Å². The Morgan fingerprint density at radius 2 is 1.13 bits per heavy atom. The smallest absolute Gasteiger partial charge is 0.0889 e. The molecule has 30 heavy (non-hydrogen) atoms. The topological polar surface area (TPSA) is 25.8 Å². The molecule has 2 heterocycles. The first kappa shape index (κ1) is 23.4. The summed E-state index contributed by atoms with van der Waals surface area (Å²) >= 11 is 0. The van der Waals surface area contributed by atoms with E-state index in [1.54, 1.807) is 57.5 Å². The van der Waals surface area contributed by atoms with Crippen molar-refractivity contribution >= 4 is 7.92 Å². The highest BCUT2D eigenvalue weighted by Crippen LogP contribution is 2.55. The summed E-state index contributed by atoms with van der Waals surface area (Å²) in [6.07, 6.45) is 18.6. The van der Waals surface area contributed by atoms with Gasteiger partial charge in [-0.2, -0.15) is 0 Å². The van der Waals surface area contributed by atoms with Crippen molar-refractivity contribution in [3.63, 3.8) is 0 Å². The van der Waals surface area contributed by atoms with Gasteiger partial charge in [0.25, 0.3) is 0 Å². The number of aromatic nitrogens is 2. The summed E-state index contributed by atoms with van der Waals surface area (Å²) < 4.78 is 0. The molecule has 164 valence electrons. The maximum Gasteiger partial charge on any atom is 0.0889 e. The summed E-state index contributed by atoms with van der Waals surface area (Å²) in [7, 11) is 0.403. The van der Waals surface area contributed by atoms with Crippen molar-refractivity contribution in [2.24, 2.45) is 0 Å². The van der Waals surface area contributed by atoms with Crippen LogP contribution >= 0.6 is 7.92 Å². The molecule has 2 saturated carbocycles. The lowest BCUT2D eigenvalue weighted by atomic mass is 9.99. The van der Waals surface area contributed by atoms with E-state index in [2.05, 4.69) is 16.9 Å². The van der Waals surface area contributed by atoms with Crippen molar-refractivity contribution in [1.82, 2.24) is 9.97 Å². The Morgan fingerprint density at radius 1 is 0.700 bits per heavy atom. The first-order valence-electron chi connectivity index (χ1n) is 12.3. The van der Waals surface area contributed by atoms with Gasteiger partial charge in [-0.1, -0.05) is 64.0 Å². The number of hydrogen-bond acceptors (Lipinski definition) is 2. The normalized spacial score (nSPS) is 18.1. The second-order valence-corrected chi connectivity index (χ2v) is 12.1. The average Bonchev–Trinajstić information content (AvgIpc) is 2.79. The lowest BCUT2D eigenvalue weighted by molar-refractivity contribution is 0.484. The highest BCUT2D eigenvalue weighted by atomic mass is 31.1. The van der Waals surface area contributed by atoms with Crippen LogP contribution in [0.5, 0.6) is 0 Å². The number of aryl methyl sites for hydroxylation is 2. The molecule has 2 aromatic rings. The summed E-state index contributed by atoms with van der Waals surface area (Å²) in [5.74, 6) is 0. The van der Waals surface area contributed by atoms with E-state index in [-0.39, 0.29) is 0 Å². The Bertz CT molecular complexity index is 687. The molecule has 0 unspecified atom stereocenters. The molecule has 0 amide bonds. The van der Waals surface area contributed by atoms with Crippen molar-refractivity contribution in [2.75, 3.05) is 6.16 Å². The molecule has 2 aliphatic rings. The summed E-state index contributed by atoms with van der Waals surface area (Å²) in [5, 5.41) is 0. The number of pyridine rings is 2. The molecule has 0 spiro atoms. The first-order valence-corrected chi connectivity index (χ1v) is 14.0. The van der Waals surface area contributed by atoms with Gasteiger partial charge in [0.15, 0.2) is 0 Å². The molecule has 0 aliphatic heterocycles. The van der Waals surface area contributed by atoms with E-state index in [0.29, 0.717) is 7.92 Å². The fourth-order valence-corrected chi connectivity index (χ4v) is 9.02. The maximum atomic E-state index is 4.42. The first-order chi connectivity index (χ1) is 14.7. The molecule has 4 rings (SSSR count). The second kappa shape index (κ2) is 12.6. The highest BCUT2D eigenvalue weighted by Gasteiger charge is 2.29. The van der Waals surface area contributed by atoms with E-state index in [1.165, 1.54) is 30.6 Å². The maximum absolute atomic E-state index is 4.42. The van der Waals surface area contributed by atoms with Gasteiger partial charge < -0.3 is 0 Å². The third-order valence-electron chi connectivity index (χ3n) is 6.61. The largest absolute Gasteiger partial charge is 0.251 e. The minimum absolute atomic E-state index is 0.403. The second-order valence-electron chi connectivity index (χ2n) is 9.15. The number of hydrogen-bond donors (Lipinski definition) is 0. The Hall–Kier alpha value is -1.27. The minimum atomic E-state index is 0.403. The molecule has 0 aromatic carbocycles. The van der Waals surface area contributed by atoms with Gasteiger partial charge >= 0.3 is 0 Å². The van der Waals surface area contributed by atoms with Gasteiger partial charge in [0.1, 0.15) is 0 Å². The van der Waals surface area contributed by atoms with Gasteiger partial charge in [0.05, 0.1) is 11.4 Å². The summed E-state index contributed by atoms with van der Waals surface area (Å²) in [6, 6.07) is 11.9. The van der Waals surface area contributed by atoms with Gasteiger partial charge in [-0.25, -0.2) is 0 Å². The number of rotatable bonds is 5. The van der Waals surface area contributed by atoms with Crippen LogP contribution in [0.15, 0.2) is 36.4 Å². The Labute approximate surface area is 186 Å². The monoisotopic (exact) mass is 424 g/mol. The van der Waals surface area contributed by atoms with E-state index in [9.17, 15) is 0 Å². The van der Waals surface area contributed by atoms with Crippen LogP contribution in [0.2, 0.25) is 0 Å². The van der Waals surface area contributed by atoms with Crippen LogP contribution in [-0.2, 0) is 0 Å². The zero-order chi connectivity index (χ0) is 21.2. The summed E-state index contributed by atoms with van der Waals surface area (Å²) in [5.41, 5.74) is 6.26. The molecule has 3 heteroatoms. The van der Waals surface area contributed by atoms with Crippen molar-refractivity contribution in [3.8, 4) is 11.4 Å². The molecular weight excluding hydrogens is 383 g/mol. The van der Waals surface area contributed by atoms with E-state index in [4.69, 9.17) is 0 Å². The van der Waals surface area contributed by atoms with Crippen LogP contribution in [0.3, 0.4) is 0 Å². The highest BCUT2D eigenvalue weighted by molar-refractivity contribution is 7.59. The Balaban J connectivity index is 0.000000172. The molecular formula is C27H41N2P. The van der Waals surface area contributed by atoms with Gasteiger partial charge in [-0.05, 0) is 81.3 Å². The van der Waals surface area contributed by atoms with Crippen molar-refractivity contribution in [3.05, 3.63) is 47.8 Å². The zero-order valence-corrected chi connectivity index (χ0v) is 20.3. The molecule has 0 radical (unpaired) electrons. The summed E-state index contributed by atoms with van der Waals surface area (Å²) in [6.45, 7) is 6.37. The van der Waals surface area contributed by atoms with E-state index >= 15 is 0 Å². The minimum Gasteiger partial charge on any atom is -0.251 e. The molecule has 0 saturated heterocycles. The van der Waals surface area contributed by atoms with Gasteiger partial charge in [0, 0.05) is 11.4 Å². The quantitative estimate of drug-likeness (QED) is 0.451. The van der Waals surface area contributed by atoms with Crippen molar-refractivity contribution in [2.45, 2.75) is 103 Å². The SMILES string of the molecule is CCCP(C1CCCCC1)C1CCCCC1.Cc1cccc(-c2cccc(C)n2)n1. The number of nitrogens with zero attached hydrogens (tertiary/aromatic N) is 2. The molecule has 0 N–H and O–H groups in total. The fraction of sp³-hybridized carbons (Fsp3) is 0.630. The predicted molar refractivity (Wildman–Crippen MR) is 133 cm³/mol. The van der Waals surface area contributed by atoms with Crippen LogP contribution in [0.25, 0.3) is 11.4 Å². The molecule has 2 fully saturated rings. The molecule has 2 aliphatic carbocycles. The molecule has 2 aromatic heterocycles. The third kappa shape index (κ3) is 7.16. The predicted octanol–water partition coefficient (Wildman–Crippen LogP) is 8.30. The van der Waals surface area contributed by atoms with Crippen LogP contribution in [-0.4, -0.2) is 27.4 Å². The Morgan fingerprint density at radius 3 is 1.50 bits per heavy atom. The van der Waals surface area contributed by atoms with E-state index < -0.39 is 0 Å². The lowest BCUT2D eigenvalue weighted by Crippen LogP contribution is -2.21. The Kier molecular flexibility index (Phi) is 9.79. The third-order valence-corrected chi connectivity index (χ3v) is 10.5. The van der Waals surface area contributed by atoms with Gasteiger partial charge in [-0.15, -0.1) is 7.92 Å². The van der Waals surface area contributed by atoms with E-state index in [0.717, 1.165) is 22.8 Å².